The Morgan fingerprint density at radius 1 is 1.07 bits per heavy atom. The first-order chi connectivity index (χ1) is 7.36. The smallest absolute Gasteiger partial charge is 0.226 e. The van der Waals surface area contributed by atoms with E-state index in [1.165, 1.54) is 19.3 Å². The number of rotatable bonds is 2. The topological polar surface area (TPSA) is 20.3 Å². The standard InChI is InChI=1S/C13H17NO/c15-13(14-9-5-2-6-10-14)11-12-7-3-1-4-8-12/h1,3-4,7-8H,2,5-6,9-11H2. The van der Waals surface area contributed by atoms with Crippen molar-refractivity contribution in [1.29, 1.82) is 0 Å². The summed E-state index contributed by atoms with van der Waals surface area (Å²) < 4.78 is 0. The van der Waals surface area contributed by atoms with Gasteiger partial charge in [-0.2, -0.15) is 0 Å². The highest BCUT2D eigenvalue weighted by Gasteiger charge is 2.16. The first-order valence-electron chi connectivity index (χ1n) is 5.68. The van der Waals surface area contributed by atoms with E-state index in [0.717, 1.165) is 18.7 Å². The summed E-state index contributed by atoms with van der Waals surface area (Å²) in [4.78, 5) is 13.9. The molecule has 1 heterocycles. The molecule has 0 unspecified atom stereocenters. The molecule has 1 fully saturated rings. The Kier molecular flexibility index (Phi) is 3.38. The van der Waals surface area contributed by atoms with Crippen LogP contribution in [0.5, 0.6) is 0 Å². The zero-order chi connectivity index (χ0) is 10.5. The van der Waals surface area contributed by atoms with Gasteiger partial charge in [0.15, 0.2) is 0 Å². The molecule has 1 aliphatic heterocycles. The van der Waals surface area contributed by atoms with E-state index in [1.54, 1.807) is 0 Å². The Balaban J connectivity index is 1.91. The summed E-state index contributed by atoms with van der Waals surface area (Å²) in [6.45, 7) is 1.90. The first-order valence-corrected chi connectivity index (χ1v) is 5.68. The van der Waals surface area contributed by atoms with E-state index in [1.807, 2.05) is 35.2 Å². The van der Waals surface area contributed by atoms with Crippen LogP contribution in [0, 0.1) is 0 Å². The second-order valence-electron chi connectivity index (χ2n) is 4.10. The van der Waals surface area contributed by atoms with E-state index in [-0.39, 0.29) is 5.91 Å². The predicted molar refractivity (Wildman–Crippen MR) is 60.6 cm³/mol. The van der Waals surface area contributed by atoms with Gasteiger partial charge in [0, 0.05) is 13.1 Å². The van der Waals surface area contributed by atoms with Crippen LogP contribution in [0.15, 0.2) is 30.3 Å². The molecule has 2 nitrogen and oxygen atoms in total. The number of benzene rings is 1. The lowest BCUT2D eigenvalue weighted by molar-refractivity contribution is -0.131. The molecule has 0 bridgehead atoms. The molecule has 0 N–H and O–H groups in total. The van der Waals surface area contributed by atoms with Crippen molar-refractivity contribution in [2.75, 3.05) is 13.1 Å². The van der Waals surface area contributed by atoms with Gasteiger partial charge in [-0.05, 0) is 24.8 Å². The van der Waals surface area contributed by atoms with E-state index >= 15 is 0 Å². The van der Waals surface area contributed by atoms with Crippen LogP contribution in [0.3, 0.4) is 0 Å². The summed E-state index contributed by atoms with van der Waals surface area (Å²) in [7, 11) is 0. The highest BCUT2D eigenvalue weighted by atomic mass is 16.2. The van der Waals surface area contributed by atoms with Crippen molar-refractivity contribution >= 4 is 5.91 Å². The fraction of sp³-hybridized carbons (Fsp3) is 0.462. The van der Waals surface area contributed by atoms with Crippen molar-refractivity contribution in [3.63, 3.8) is 0 Å². The van der Waals surface area contributed by atoms with Gasteiger partial charge in [0.05, 0.1) is 6.42 Å². The van der Waals surface area contributed by atoms with Crippen molar-refractivity contribution in [3.8, 4) is 0 Å². The van der Waals surface area contributed by atoms with Crippen LogP contribution >= 0.6 is 0 Å². The highest BCUT2D eigenvalue weighted by molar-refractivity contribution is 5.78. The van der Waals surface area contributed by atoms with Crippen LogP contribution in [0.1, 0.15) is 24.8 Å². The third kappa shape index (κ3) is 2.82. The lowest BCUT2D eigenvalue weighted by atomic mass is 10.1. The molecule has 2 heteroatoms. The largest absolute Gasteiger partial charge is 0.342 e. The number of carbonyl (C=O) groups is 1. The summed E-state index contributed by atoms with van der Waals surface area (Å²) in [5, 5.41) is 0. The minimum Gasteiger partial charge on any atom is -0.342 e. The highest BCUT2D eigenvalue weighted by Crippen LogP contribution is 2.11. The molecule has 1 amide bonds. The van der Waals surface area contributed by atoms with Gasteiger partial charge in [-0.1, -0.05) is 30.3 Å². The molecular formula is C13H17NO. The minimum absolute atomic E-state index is 0.279. The summed E-state index contributed by atoms with van der Waals surface area (Å²) in [5.74, 6) is 0.279. The van der Waals surface area contributed by atoms with Gasteiger partial charge in [-0.15, -0.1) is 0 Å². The van der Waals surface area contributed by atoms with E-state index in [9.17, 15) is 4.79 Å². The maximum atomic E-state index is 11.9. The second-order valence-corrected chi connectivity index (χ2v) is 4.10. The Labute approximate surface area is 90.9 Å². The van der Waals surface area contributed by atoms with Gasteiger partial charge in [0.2, 0.25) is 5.91 Å². The van der Waals surface area contributed by atoms with Gasteiger partial charge < -0.3 is 4.90 Å². The molecule has 80 valence electrons. The van der Waals surface area contributed by atoms with Crippen LogP contribution in [0.4, 0.5) is 0 Å². The number of amides is 1. The molecule has 0 saturated carbocycles. The maximum Gasteiger partial charge on any atom is 0.226 e. The van der Waals surface area contributed by atoms with Gasteiger partial charge in [-0.25, -0.2) is 0 Å². The zero-order valence-electron chi connectivity index (χ0n) is 8.98. The monoisotopic (exact) mass is 203 g/mol. The van der Waals surface area contributed by atoms with E-state index < -0.39 is 0 Å². The molecule has 1 aromatic carbocycles. The molecule has 1 aliphatic rings. The Bertz CT molecular complexity index is 315. The molecule has 0 radical (unpaired) electrons. The number of carbonyl (C=O) groups excluding carboxylic acids is 1. The second kappa shape index (κ2) is 4.96. The van der Waals surface area contributed by atoms with E-state index in [0.29, 0.717) is 6.42 Å². The van der Waals surface area contributed by atoms with Crippen LogP contribution in [0.25, 0.3) is 0 Å². The number of hydrogen-bond donors (Lipinski definition) is 0. The lowest BCUT2D eigenvalue weighted by Gasteiger charge is -2.26. The SMILES string of the molecule is O=C(Cc1ccccc1)N1CCCCC1. The van der Waals surface area contributed by atoms with Crippen LogP contribution < -0.4 is 0 Å². The minimum atomic E-state index is 0.279. The molecule has 0 spiro atoms. The van der Waals surface area contributed by atoms with Crippen molar-refractivity contribution in [3.05, 3.63) is 35.9 Å². The molecule has 1 saturated heterocycles. The van der Waals surface area contributed by atoms with Crippen LogP contribution in [0.2, 0.25) is 0 Å². The van der Waals surface area contributed by atoms with Crippen molar-refractivity contribution in [2.24, 2.45) is 0 Å². The quantitative estimate of drug-likeness (QED) is 0.722. The Morgan fingerprint density at radius 3 is 2.40 bits per heavy atom. The maximum absolute atomic E-state index is 11.9. The van der Waals surface area contributed by atoms with Gasteiger partial charge in [-0.3, -0.25) is 4.79 Å². The van der Waals surface area contributed by atoms with Crippen molar-refractivity contribution in [1.82, 2.24) is 4.90 Å². The molecule has 0 aliphatic carbocycles. The number of hydrogen-bond acceptors (Lipinski definition) is 1. The number of likely N-dealkylation sites (tertiary alicyclic amines) is 1. The van der Waals surface area contributed by atoms with Gasteiger partial charge >= 0.3 is 0 Å². The summed E-state index contributed by atoms with van der Waals surface area (Å²) >= 11 is 0. The molecule has 1 aromatic rings. The molecule has 15 heavy (non-hydrogen) atoms. The molecule has 0 aromatic heterocycles. The Hall–Kier alpha value is -1.31. The predicted octanol–water partition coefficient (Wildman–Crippen LogP) is 2.24. The Morgan fingerprint density at radius 2 is 1.73 bits per heavy atom. The third-order valence-electron chi connectivity index (χ3n) is 2.91. The van der Waals surface area contributed by atoms with Crippen molar-refractivity contribution in [2.45, 2.75) is 25.7 Å². The van der Waals surface area contributed by atoms with Crippen LogP contribution in [-0.2, 0) is 11.2 Å². The summed E-state index contributed by atoms with van der Waals surface area (Å²) in [6.07, 6.45) is 4.16. The van der Waals surface area contributed by atoms with E-state index in [4.69, 9.17) is 0 Å². The lowest BCUT2D eigenvalue weighted by Crippen LogP contribution is -2.36. The number of nitrogens with zero attached hydrogens (tertiary/aromatic N) is 1. The molecule has 0 atom stereocenters. The normalized spacial score (nSPS) is 16.4. The average molecular weight is 203 g/mol. The summed E-state index contributed by atoms with van der Waals surface area (Å²) in [5.41, 5.74) is 1.12. The average Bonchev–Trinajstić information content (AvgIpc) is 2.31. The van der Waals surface area contributed by atoms with Crippen LogP contribution in [-0.4, -0.2) is 23.9 Å². The zero-order valence-corrected chi connectivity index (χ0v) is 8.98. The van der Waals surface area contributed by atoms with Gasteiger partial charge in [0.1, 0.15) is 0 Å². The molecular weight excluding hydrogens is 186 g/mol. The first kappa shape index (κ1) is 10.2. The van der Waals surface area contributed by atoms with Gasteiger partial charge in [0.25, 0.3) is 0 Å². The fourth-order valence-electron chi connectivity index (χ4n) is 2.03. The summed E-state index contributed by atoms with van der Waals surface area (Å²) in [6, 6.07) is 9.98. The third-order valence-corrected chi connectivity index (χ3v) is 2.91. The van der Waals surface area contributed by atoms with Crippen molar-refractivity contribution < 1.29 is 4.79 Å². The molecule has 2 rings (SSSR count). The van der Waals surface area contributed by atoms with E-state index in [2.05, 4.69) is 0 Å². The number of piperidine rings is 1. The fourth-order valence-corrected chi connectivity index (χ4v) is 2.03.